The van der Waals surface area contributed by atoms with E-state index in [1.165, 1.54) is 12.1 Å². The molecule has 0 radical (unpaired) electrons. The highest BCUT2D eigenvalue weighted by atomic mass is 35.5. The number of esters is 1. The lowest BCUT2D eigenvalue weighted by Crippen LogP contribution is -2.09. The molecule has 0 saturated carbocycles. The van der Waals surface area contributed by atoms with Crippen molar-refractivity contribution < 1.29 is 14.5 Å². The highest BCUT2D eigenvalue weighted by Crippen LogP contribution is 2.22. The Bertz CT molecular complexity index is 703. The third-order valence-corrected chi connectivity index (χ3v) is 3.15. The van der Waals surface area contributed by atoms with Gasteiger partial charge in [-0.25, -0.2) is 4.79 Å². The van der Waals surface area contributed by atoms with Crippen LogP contribution in [-0.2, 0) is 11.3 Å². The Morgan fingerprint density at radius 3 is 2.62 bits per heavy atom. The highest BCUT2D eigenvalue weighted by molar-refractivity contribution is 6.31. The number of ether oxygens (including phenoxy) is 1. The van der Waals surface area contributed by atoms with Gasteiger partial charge >= 0.3 is 5.97 Å². The lowest BCUT2D eigenvalue weighted by Gasteiger charge is -2.08. The van der Waals surface area contributed by atoms with Gasteiger partial charge in [-0.2, -0.15) is 0 Å². The largest absolute Gasteiger partial charge is 0.457 e. The van der Waals surface area contributed by atoms with Crippen molar-refractivity contribution in [1.82, 2.24) is 0 Å². The Morgan fingerprint density at radius 2 is 2.00 bits per heavy atom. The summed E-state index contributed by atoms with van der Waals surface area (Å²) < 4.78 is 5.10. The zero-order chi connectivity index (χ0) is 15.4. The Morgan fingerprint density at radius 1 is 1.29 bits per heavy atom. The second kappa shape index (κ2) is 6.23. The van der Waals surface area contributed by atoms with E-state index in [4.69, 9.17) is 22.1 Å². The van der Waals surface area contributed by atoms with Crippen LogP contribution in [0.5, 0.6) is 0 Å². The van der Waals surface area contributed by atoms with Crippen LogP contribution < -0.4 is 5.73 Å². The summed E-state index contributed by atoms with van der Waals surface area (Å²) in [4.78, 5) is 21.9. The van der Waals surface area contributed by atoms with Gasteiger partial charge < -0.3 is 10.5 Å². The molecule has 2 rings (SSSR count). The number of nitro benzene ring substituents is 1. The number of carbonyl (C=O) groups excluding carboxylic acids is 1. The molecule has 0 fully saturated rings. The van der Waals surface area contributed by atoms with Crippen LogP contribution in [0.1, 0.15) is 15.9 Å². The van der Waals surface area contributed by atoms with E-state index in [-0.39, 0.29) is 23.5 Å². The summed E-state index contributed by atoms with van der Waals surface area (Å²) in [6.07, 6.45) is 0. The third kappa shape index (κ3) is 3.49. The summed E-state index contributed by atoms with van der Waals surface area (Å²) in [5.74, 6) is -0.665. The van der Waals surface area contributed by atoms with Crippen molar-refractivity contribution in [2.45, 2.75) is 6.61 Å². The molecule has 2 aromatic carbocycles. The monoisotopic (exact) mass is 306 g/mol. The molecular formula is C14H11ClN2O4. The maximum atomic E-state index is 11.9. The second-order valence-corrected chi connectivity index (χ2v) is 4.60. The highest BCUT2D eigenvalue weighted by Gasteiger charge is 2.15. The predicted molar refractivity (Wildman–Crippen MR) is 78.1 cm³/mol. The molecule has 7 heteroatoms. The van der Waals surface area contributed by atoms with E-state index in [1.54, 1.807) is 24.3 Å². The molecule has 108 valence electrons. The Kier molecular flexibility index (Phi) is 4.39. The van der Waals surface area contributed by atoms with Gasteiger partial charge in [0.25, 0.3) is 5.69 Å². The minimum absolute atomic E-state index is 0.00503. The molecule has 0 aromatic heterocycles. The molecule has 0 amide bonds. The number of nitrogens with zero attached hydrogens (tertiary/aromatic N) is 1. The van der Waals surface area contributed by atoms with Crippen LogP contribution >= 0.6 is 11.6 Å². The van der Waals surface area contributed by atoms with Gasteiger partial charge in [-0.1, -0.05) is 29.8 Å². The normalized spacial score (nSPS) is 10.1. The van der Waals surface area contributed by atoms with E-state index in [2.05, 4.69) is 0 Å². The quantitative estimate of drug-likeness (QED) is 0.405. The second-order valence-electron chi connectivity index (χ2n) is 4.20. The zero-order valence-electron chi connectivity index (χ0n) is 10.8. The van der Waals surface area contributed by atoms with Crippen molar-refractivity contribution in [2.75, 3.05) is 5.73 Å². The fourth-order valence-corrected chi connectivity index (χ4v) is 1.88. The van der Waals surface area contributed by atoms with Crippen molar-refractivity contribution in [2.24, 2.45) is 0 Å². The van der Waals surface area contributed by atoms with Gasteiger partial charge in [-0.05, 0) is 12.1 Å². The van der Waals surface area contributed by atoms with E-state index in [9.17, 15) is 14.9 Å². The number of non-ortho nitro benzene ring substituents is 1. The molecule has 0 aliphatic heterocycles. The number of carbonyl (C=O) groups is 1. The first-order valence-corrected chi connectivity index (χ1v) is 6.31. The molecule has 0 unspecified atom stereocenters. The number of rotatable bonds is 4. The lowest BCUT2D eigenvalue weighted by molar-refractivity contribution is -0.384. The standard InChI is InChI=1S/C14H11ClN2O4/c15-12-4-2-1-3-9(12)8-21-14(18)11-6-5-10(17(19)20)7-13(11)16/h1-7H,8,16H2. The fraction of sp³-hybridized carbons (Fsp3) is 0.0714. The SMILES string of the molecule is Nc1cc([N+](=O)[O-])ccc1C(=O)OCc1ccccc1Cl. The number of halogens is 1. The summed E-state index contributed by atoms with van der Waals surface area (Å²) in [6.45, 7) is -0.00503. The van der Waals surface area contributed by atoms with Gasteiger partial charge in [0.15, 0.2) is 0 Å². The van der Waals surface area contributed by atoms with E-state index in [1.807, 2.05) is 0 Å². The van der Waals surface area contributed by atoms with Gasteiger partial charge in [0.1, 0.15) is 6.61 Å². The molecule has 2 aromatic rings. The topological polar surface area (TPSA) is 95.5 Å². The summed E-state index contributed by atoms with van der Waals surface area (Å²) in [5, 5.41) is 11.1. The first-order valence-electron chi connectivity index (χ1n) is 5.93. The van der Waals surface area contributed by atoms with E-state index in [0.29, 0.717) is 10.6 Å². The third-order valence-electron chi connectivity index (χ3n) is 2.78. The lowest BCUT2D eigenvalue weighted by atomic mass is 10.1. The number of anilines is 1. The maximum absolute atomic E-state index is 11.9. The van der Waals surface area contributed by atoms with Crippen molar-refractivity contribution in [3.05, 3.63) is 68.7 Å². The number of benzene rings is 2. The smallest absolute Gasteiger partial charge is 0.340 e. The molecule has 0 saturated heterocycles. The van der Waals surface area contributed by atoms with Crippen LogP contribution in [0.3, 0.4) is 0 Å². The fourth-order valence-electron chi connectivity index (χ4n) is 1.69. The van der Waals surface area contributed by atoms with Gasteiger partial charge in [0, 0.05) is 22.7 Å². The molecule has 0 aliphatic rings. The number of nitrogen functional groups attached to an aromatic ring is 1. The van der Waals surface area contributed by atoms with Crippen molar-refractivity contribution in [3.63, 3.8) is 0 Å². The summed E-state index contributed by atoms with van der Waals surface area (Å²) in [5.41, 5.74) is 6.17. The zero-order valence-corrected chi connectivity index (χ0v) is 11.5. The Hall–Kier alpha value is -2.60. The number of hydrogen-bond acceptors (Lipinski definition) is 5. The van der Waals surface area contributed by atoms with Gasteiger partial charge in [0.05, 0.1) is 16.2 Å². The molecule has 0 heterocycles. The molecule has 0 spiro atoms. The number of hydrogen-bond donors (Lipinski definition) is 1. The molecular weight excluding hydrogens is 296 g/mol. The Balaban J connectivity index is 2.11. The predicted octanol–water partition coefficient (Wildman–Crippen LogP) is 3.19. The van der Waals surface area contributed by atoms with Crippen molar-refractivity contribution in [3.8, 4) is 0 Å². The van der Waals surface area contributed by atoms with Crippen LogP contribution in [0.2, 0.25) is 5.02 Å². The molecule has 0 aliphatic carbocycles. The van der Waals surface area contributed by atoms with Gasteiger partial charge in [-0.3, -0.25) is 10.1 Å². The molecule has 0 bridgehead atoms. The summed E-state index contributed by atoms with van der Waals surface area (Å²) in [7, 11) is 0. The molecule has 2 N–H and O–H groups in total. The van der Waals surface area contributed by atoms with Crippen molar-refractivity contribution in [1.29, 1.82) is 0 Å². The molecule has 6 nitrogen and oxygen atoms in total. The van der Waals surface area contributed by atoms with Crippen LogP contribution in [0.15, 0.2) is 42.5 Å². The number of nitro groups is 1. The maximum Gasteiger partial charge on any atom is 0.340 e. The Labute approximate surface area is 125 Å². The first kappa shape index (κ1) is 14.8. The van der Waals surface area contributed by atoms with Crippen LogP contribution in [0.25, 0.3) is 0 Å². The van der Waals surface area contributed by atoms with Gasteiger partial charge in [0.2, 0.25) is 0 Å². The van der Waals surface area contributed by atoms with E-state index >= 15 is 0 Å². The van der Waals surface area contributed by atoms with Crippen LogP contribution in [-0.4, -0.2) is 10.9 Å². The average Bonchev–Trinajstić information content (AvgIpc) is 2.46. The number of nitrogens with two attached hydrogens (primary N) is 1. The molecule has 21 heavy (non-hydrogen) atoms. The molecule has 0 atom stereocenters. The van der Waals surface area contributed by atoms with Crippen molar-refractivity contribution >= 4 is 28.9 Å². The van der Waals surface area contributed by atoms with Crippen LogP contribution in [0, 0.1) is 10.1 Å². The minimum atomic E-state index is -0.665. The van der Waals surface area contributed by atoms with E-state index < -0.39 is 10.9 Å². The minimum Gasteiger partial charge on any atom is -0.457 e. The summed E-state index contributed by atoms with van der Waals surface area (Å²) in [6, 6.07) is 10.5. The van der Waals surface area contributed by atoms with Gasteiger partial charge in [-0.15, -0.1) is 0 Å². The first-order chi connectivity index (χ1) is 9.99. The van der Waals surface area contributed by atoms with Crippen LogP contribution in [0.4, 0.5) is 11.4 Å². The van der Waals surface area contributed by atoms with E-state index in [0.717, 1.165) is 6.07 Å². The summed E-state index contributed by atoms with van der Waals surface area (Å²) >= 11 is 5.95. The average molecular weight is 307 g/mol.